The van der Waals surface area contributed by atoms with E-state index in [-0.39, 0.29) is 12.5 Å². The molecule has 1 aromatic heterocycles. The minimum Gasteiger partial charge on any atom is -0.395 e. The predicted molar refractivity (Wildman–Crippen MR) is 82.1 cm³/mol. The van der Waals surface area contributed by atoms with E-state index in [2.05, 4.69) is 16.0 Å². The standard InChI is InChI=1S/C16H21N3O2/c20-10-9-18-5-7-19(8-6-18)16(21)12-13-1-2-14-3-4-17-15(14)11-13/h1-4,11,17,20H,5-10,12H2. The summed E-state index contributed by atoms with van der Waals surface area (Å²) in [6, 6.07) is 8.15. The van der Waals surface area contributed by atoms with Crippen molar-refractivity contribution in [1.82, 2.24) is 14.8 Å². The highest BCUT2D eigenvalue weighted by atomic mass is 16.3. The number of aromatic nitrogens is 1. The zero-order valence-electron chi connectivity index (χ0n) is 12.1. The molecule has 5 nitrogen and oxygen atoms in total. The van der Waals surface area contributed by atoms with Crippen LogP contribution in [0.1, 0.15) is 5.56 Å². The summed E-state index contributed by atoms with van der Waals surface area (Å²) < 4.78 is 0. The van der Waals surface area contributed by atoms with Crippen LogP contribution in [0.4, 0.5) is 0 Å². The second kappa shape index (κ2) is 6.28. The molecule has 2 aromatic rings. The van der Waals surface area contributed by atoms with Crippen molar-refractivity contribution in [3.63, 3.8) is 0 Å². The van der Waals surface area contributed by atoms with Gasteiger partial charge in [-0.05, 0) is 23.1 Å². The summed E-state index contributed by atoms with van der Waals surface area (Å²) in [6.45, 7) is 4.09. The Morgan fingerprint density at radius 2 is 2.00 bits per heavy atom. The van der Waals surface area contributed by atoms with Crippen LogP contribution in [0.2, 0.25) is 0 Å². The number of nitrogens with one attached hydrogen (secondary N) is 1. The number of rotatable bonds is 4. The number of aromatic amines is 1. The molecule has 1 aliphatic rings. The summed E-state index contributed by atoms with van der Waals surface area (Å²) in [7, 11) is 0. The minimum atomic E-state index is 0.185. The molecule has 1 fully saturated rings. The quantitative estimate of drug-likeness (QED) is 0.876. The SMILES string of the molecule is O=C(Cc1ccc2cc[nH]c2c1)N1CCN(CCO)CC1. The molecule has 2 N–H and O–H groups in total. The molecule has 0 unspecified atom stereocenters. The highest BCUT2D eigenvalue weighted by Crippen LogP contribution is 2.15. The van der Waals surface area contributed by atoms with Crippen LogP contribution in [0.15, 0.2) is 30.5 Å². The number of fused-ring (bicyclic) bond motifs is 1. The minimum absolute atomic E-state index is 0.185. The summed E-state index contributed by atoms with van der Waals surface area (Å²) in [6.07, 6.45) is 2.37. The fourth-order valence-electron chi connectivity index (χ4n) is 2.85. The van der Waals surface area contributed by atoms with Gasteiger partial charge in [-0.1, -0.05) is 12.1 Å². The third kappa shape index (κ3) is 3.25. The van der Waals surface area contributed by atoms with Crippen molar-refractivity contribution >= 4 is 16.8 Å². The van der Waals surface area contributed by atoms with Crippen LogP contribution in [0.5, 0.6) is 0 Å². The summed E-state index contributed by atoms with van der Waals surface area (Å²) >= 11 is 0. The molecule has 2 heterocycles. The Kier molecular flexibility index (Phi) is 4.22. The first-order valence-electron chi connectivity index (χ1n) is 7.43. The zero-order chi connectivity index (χ0) is 14.7. The van der Waals surface area contributed by atoms with Crippen molar-refractivity contribution in [3.05, 3.63) is 36.0 Å². The van der Waals surface area contributed by atoms with E-state index in [4.69, 9.17) is 5.11 Å². The van der Waals surface area contributed by atoms with Crippen LogP contribution in [-0.2, 0) is 11.2 Å². The molecule has 1 aliphatic heterocycles. The van der Waals surface area contributed by atoms with Crippen molar-refractivity contribution in [1.29, 1.82) is 0 Å². The van der Waals surface area contributed by atoms with E-state index < -0.39 is 0 Å². The van der Waals surface area contributed by atoms with Gasteiger partial charge in [-0.3, -0.25) is 9.69 Å². The molecule has 0 bridgehead atoms. The molecule has 5 heteroatoms. The molecule has 0 radical (unpaired) electrons. The van der Waals surface area contributed by atoms with E-state index >= 15 is 0 Å². The van der Waals surface area contributed by atoms with E-state index in [1.807, 2.05) is 29.3 Å². The largest absolute Gasteiger partial charge is 0.395 e. The topological polar surface area (TPSA) is 59.6 Å². The number of nitrogens with zero attached hydrogens (tertiary/aromatic N) is 2. The molecule has 3 rings (SSSR count). The van der Waals surface area contributed by atoms with Gasteiger partial charge in [0.15, 0.2) is 0 Å². The van der Waals surface area contributed by atoms with Gasteiger partial charge in [0.25, 0.3) is 0 Å². The lowest BCUT2D eigenvalue weighted by molar-refractivity contribution is -0.132. The van der Waals surface area contributed by atoms with Crippen LogP contribution in [0, 0.1) is 0 Å². The Hall–Kier alpha value is -1.85. The molecule has 1 saturated heterocycles. The van der Waals surface area contributed by atoms with Gasteiger partial charge in [0.1, 0.15) is 0 Å². The Labute approximate surface area is 124 Å². The molecule has 112 valence electrons. The molecular weight excluding hydrogens is 266 g/mol. The molecule has 1 aromatic carbocycles. The Morgan fingerprint density at radius 1 is 1.19 bits per heavy atom. The van der Waals surface area contributed by atoms with Crippen molar-refractivity contribution in [2.45, 2.75) is 6.42 Å². The number of aliphatic hydroxyl groups is 1. The molecule has 0 spiro atoms. The first kappa shape index (κ1) is 14.1. The summed E-state index contributed by atoms with van der Waals surface area (Å²) in [5.41, 5.74) is 2.13. The molecule has 0 saturated carbocycles. The average molecular weight is 287 g/mol. The smallest absolute Gasteiger partial charge is 0.227 e. The number of carbonyl (C=O) groups is 1. The highest BCUT2D eigenvalue weighted by molar-refractivity contribution is 5.83. The predicted octanol–water partition coefficient (Wildman–Crippen LogP) is 0.847. The van der Waals surface area contributed by atoms with E-state index in [0.29, 0.717) is 13.0 Å². The number of benzene rings is 1. The highest BCUT2D eigenvalue weighted by Gasteiger charge is 2.20. The summed E-state index contributed by atoms with van der Waals surface area (Å²) in [5.74, 6) is 0.185. The zero-order valence-corrected chi connectivity index (χ0v) is 12.1. The second-order valence-corrected chi connectivity index (χ2v) is 5.52. The average Bonchev–Trinajstić information content (AvgIpc) is 2.96. The number of aliphatic hydroxyl groups excluding tert-OH is 1. The normalized spacial score (nSPS) is 16.5. The van der Waals surface area contributed by atoms with Gasteiger partial charge in [0.2, 0.25) is 5.91 Å². The van der Waals surface area contributed by atoms with Gasteiger partial charge in [-0.2, -0.15) is 0 Å². The van der Waals surface area contributed by atoms with Gasteiger partial charge in [0.05, 0.1) is 13.0 Å². The van der Waals surface area contributed by atoms with Crippen LogP contribution in [0.25, 0.3) is 10.9 Å². The molecule has 0 atom stereocenters. The van der Waals surface area contributed by atoms with Crippen LogP contribution in [0.3, 0.4) is 0 Å². The molecule has 1 amide bonds. The van der Waals surface area contributed by atoms with Crippen LogP contribution in [-0.4, -0.2) is 65.1 Å². The Balaban J connectivity index is 1.58. The number of amides is 1. The van der Waals surface area contributed by atoms with Crippen molar-refractivity contribution in [2.24, 2.45) is 0 Å². The fourth-order valence-corrected chi connectivity index (χ4v) is 2.85. The number of H-pyrrole nitrogens is 1. The van der Waals surface area contributed by atoms with Gasteiger partial charge in [-0.15, -0.1) is 0 Å². The third-order valence-corrected chi connectivity index (χ3v) is 4.12. The number of hydrogen-bond acceptors (Lipinski definition) is 3. The summed E-state index contributed by atoms with van der Waals surface area (Å²) in [4.78, 5) is 19.6. The van der Waals surface area contributed by atoms with Gasteiger partial charge in [0, 0.05) is 44.4 Å². The first-order chi connectivity index (χ1) is 10.3. The lowest BCUT2D eigenvalue weighted by Gasteiger charge is -2.34. The van der Waals surface area contributed by atoms with Crippen molar-refractivity contribution < 1.29 is 9.90 Å². The number of hydrogen-bond donors (Lipinski definition) is 2. The van der Waals surface area contributed by atoms with Crippen LogP contribution < -0.4 is 0 Å². The third-order valence-electron chi connectivity index (χ3n) is 4.12. The van der Waals surface area contributed by atoms with E-state index in [0.717, 1.165) is 37.3 Å². The van der Waals surface area contributed by atoms with E-state index in [1.54, 1.807) is 0 Å². The Morgan fingerprint density at radius 3 is 2.76 bits per heavy atom. The maximum absolute atomic E-state index is 12.4. The van der Waals surface area contributed by atoms with Gasteiger partial charge < -0.3 is 15.0 Å². The fraction of sp³-hybridized carbons (Fsp3) is 0.438. The number of β-amino-alcohol motifs (C(OH)–C–C–N with tert-alkyl or cyclic N) is 1. The maximum Gasteiger partial charge on any atom is 0.227 e. The Bertz CT molecular complexity index is 615. The second-order valence-electron chi connectivity index (χ2n) is 5.52. The molecule has 0 aliphatic carbocycles. The number of piperazine rings is 1. The lowest BCUT2D eigenvalue weighted by Crippen LogP contribution is -2.49. The first-order valence-corrected chi connectivity index (χ1v) is 7.43. The van der Waals surface area contributed by atoms with Crippen molar-refractivity contribution in [3.8, 4) is 0 Å². The number of carbonyl (C=O) groups excluding carboxylic acids is 1. The van der Waals surface area contributed by atoms with Gasteiger partial charge in [-0.25, -0.2) is 0 Å². The van der Waals surface area contributed by atoms with E-state index in [9.17, 15) is 4.79 Å². The molecular formula is C16H21N3O2. The monoisotopic (exact) mass is 287 g/mol. The lowest BCUT2D eigenvalue weighted by atomic mass is 10.1. The van der Waals surface area contributed by atoms with E-state index in [1.165, 1.54) is 5.39 Å². The molecule has 21 heavy (non-hydrogen) atoms. The van der Waals surface area contributed by atoms with Crippen LogP contribution >= 0.6 is 0 Å². The summed E-state index contributed by atoms with van der Waals surface area (Å²) in [5, 5.41) is 10.1. The maximum atomic E-state index is 12.4. The van der Waals surface area contributed by atoms with Crippen molar-refractivity contribution in [2.75, 3.05) is 39.3 Å². The van der Waals surface area contributed by atoms with Gasteiger partial charge >= 0.3 is 0 Å².